The van der Waals surface area contributed by atoms with Gasteiger partial charge < -0.3 is 15.0 Å². The van der Waals surface area contributed by atoms with Crippen LogP contribution in [-0.2, 0) is 32.6 Å². The first-order valence-corrected chi connectivity index (χ1v) is 13.6. The molecule has 1 aliphatic rings. The first-order valence-electron chi connectivity index (χ1n) is 13.6. The number of aromatic amines is 1. The van der Waals surface area contributed by atoms with Crippen LogP contribution in [0.25, 0.3) is 11.0 Å². The van der Waals surface area contributed by atoms with E-state index in [2.05, 4.69) is 68.7 Å². The Labute approximate surface area is 229 Å². The van der Waals surface area contributed by atoms with Crippen molar-refractivity contribution in [2.45, 2.75) is 51.5 Å². The predicted molar refractivity (Wildman–Crippen MR) is 153 cm³/mol. The number of fused-ring (bicyclic) bond motifs is 2. The van der Waals surface area contributed by atoms with Gasteiger partial charge >= 0.3 is 0 Å². The highest BCUT2D eigenvalue weighted by atomic mass is 16.5. The predicted octanol–water partition coefficient (Wildman–Crippen LogP) is 5.73. The van der Waals surface area contributed by atoms with Gasteiger partial charge in [-0.15, -0.1) is 0 Å². The molecule has 2 N–H and O–H groups in total. The molecule has 0 radical (unpaired) electrons. The van der Waals surface area contributed by atoms with E-state index in [1.165, 1.54) is 28.8 Å². The number of nitrogens with zero attached hydrogens (tertiary/aromatic N) is 4. The molecule has 198 valence electrons. The zero-order valence-corrected chi connectivity index (χ0v) is 22.3. The van der Waals surface area contributed by atoms with Crippen LogP contribution < -0.4 is 10.1 Å². The number of methoxy groups -OCH3 is 1. The summed E-state index contributed by atoms with van der Waals surface area (Å²) in [7, 11) is 1.68. The highest BCUT2D eigenvalue weighted by molar-refractivity contribution is 5.74. The van der Waals surface area contributed by atoms with Crippen LogP contribution in [0.3, 0.4) is 0 Å². The topological polar surface area (TPSA) is 79.0 Å². The summed E-state index contributed by atoms with van der Waals surface area (Å²) < 4.78 is 5.41. The van der Waals surface area contributed by atoms with Crippen molar-refractivity contribution in [3.05, 3.63) is 119 Å². The first kappa shape index (κ1) is 25.2. The van der Waals surface area contributed by atoms with Gasteiger partial charge in [-0.1, -0.05) is 42.5 Å². The quantitative estimate of drug-likeness (QED) is 0.246. The smallest absolute Gasteiger partial charge is 0.141 e. The van der Waals surface area contributed by atoms with Crippen molar-refractivity contribution >= 4 is 11.0 Å². The minimum atomic E-state index is 0.262. The standard InChI is InChI=1S/C32H34N6O/c1-39-30-12-6-17-34-28(30)20-33-19-23-13-15-24(16-14-23)21-38(22-31-36-26-9-2-3-10-27(26)37-31)29-11-4-7-25-8-5-18-35-32(25)29/h2-3,5-6,8-10,12-18,29,33H,4,7,11,19-22H2,1H3,(H,36,37). The Hall–Kier alpha value is -4.07. The molecule has 1 atom stereocenters. The zero-order chi connectivity index (χ0) is 26.4. The van der Waals surface area contributed by atoms with E-state index in [9.17, 15) is 0 Å². The van der Waals surface area contributed by atoms with Gasteiger partial charge in [0.1, 0.15) is 11.6 Å². The molecule has 6 rings (SSSR count). The first-order chi connectivity index (χ1) is 19.3. The molecule has 3 heterocycles. The van der Waals surface area contributed by atoms with Crippen LogP contribution in [0.4, 0.5) is 0 Å². The summed E-state index contributed by atoms with van der Waals surface area (Å²) >= 11 is 0. The molecular formula is C32H34N6O. The third-order valence-electron chi connectivity index (χ3n) is 7.50. The van der Waals surface area contributed by atoms with Crippen LogP contribution in [0.1, 0.15) is 52.8 Å². The second-order valence-electron chi connectivity index (χ2n) is 10.1. The number of hydrogen-bond acceptors (Lipinski definition) is 6. The monoisotopic (exact) mass is 518 g/mol. The van der Waals surface area contributed by atoms with E-state index in [0.717, 1.165) is 60.8 Å². The number of H-pyrrole nitrogens is 1. The summed E-state index contributed by atoms with van der Waals surface area (Å²) in [6.45, 7) is 2.99. The molecule has 0 amide bonds. The lowest BCUT2D eigenvalue weighted by molar-refractivity contribution is 0.153. The number of rotatable bonds is 10. The second kappa shape index (κ2) is 11.8. The summed E-state index contributed by atoms with van der Waals surface area (Å²) in [6, 6.07) is 25.5. The highest BCUT2D eigenvalue weighted by Crippen LogP contribution is 2.34. The molecule has 0 bridgehead atoms. The molecule has 5 aromatic rings. The number of nitrogens with one attached hydrogen (secondary N) is 2. The molecule has 0 aliphatic heterocycles. The molecule has 1 unspecified atom stereocenters. The van der Waals surface area contributed by atoms with Gasteiger partial charge in [-0.3, -0.25) is 14.9 Å². The van der Waals surface area contributed by atoms with Gasteiger partial charge in [0.25, 0.3) is 0 Å². The number of aryl methyl sites for hydroxylation is 1. The second-order valence-corrected chi connectivity index (χ2v) is 10.1. The molecule has 1 aliphatic carbocycles. The van der Waals surface area contributed by atoms with Crippen molar-refractivity contribution in [3.8, 4) is 5.75 Å². The van der Waals surface area contributed by atoms with Gasteiger partial charge in [-0.2, -0.15) is 0 Å². The molecule has 2 aromatic carbocycles. The SMILES string of the molecule is COc1cccnc1CNCc1ccc(CN(Cc2nc3ccccc3[nH]2)C2CCCc3cccnc32)cc1. The van der Waals surface area contributed by atoms with Crippen LogP contribution >= 0.6 is 0 Å². The Kier molecular flexibility index (Phi) is 7.61. The largest absolute Gasteiger partial charge is 0.495 e. The third-order valence-corrected chi connectivity index (χ3v) is 7.50. The molecule has 3 aromatic heterocycles. The third kappa shape index (κ3) is 5.85. The zero-order valence-electron chi connectivity index (χ0n) is 22.3. The number of imidazole rings is 1. The van der Waals surface area contributed by atoms with E-state index in [4.69, 9.17) is 14.7 Å². The molecule has 0 spiro atoms. The molecule has 0 saturated carbocycles. The minimum Gasteiger partial charge on any atom is -0.495 e. The number of hydrogen-bond donors (Lipinski definition) is 2. The molecular weight excluding hydrogens is 484 g/mol. The maximum atomic E-state index is 5.41. The van der Waals surface area contributed by atoms with Crippen LogP contribution in [0, 0.1) is 0 Å². The molecule has 39 heavy (non-hydrogen) atoms. The molecule has 0 fully saturated rings. The summed E-state index contributed by atoms with van der Waals surface area (Å²) in [4.78, 5) is 20.2. The molecule has 0 saturated heterocycles. The highest BCUT2D eigenvalue weighted by Gasteiger charge is 2.28. The number of aromatic nitrogens is 4. The Morgan fingerprint density at radius 3 is 2.59 bits per heavy atom. The number of ether oxygens (including phenoxy) is 1. The minimum absolute atomic E-state index is 0.262. The van der Waals surface area contributed by atoms with E-state index in [-0.39, 0.29) is 6.04 Å². The maximum Gasteiger partial charge on any atom is 0.141 e. The van der Waals surface area contributed by atoms with Crippen LogP contribution in [0.15, 0.2) is 85.2 Å². The van der Waals surface area contributed by atoms with E-state index >= 15 is 0 Å². The van der Waals surface area contributed by atoms with E-state index in [1.54, 1.807) is 13.3 Å². The maximum absolute atomic E-state index is 5.41. The summed E-state index contributed by atoms with van der Waals surface area (Å²) in [6.07, 6.45) is 7.10. The van der Waals surface area contributed by atoms with Crippen LogP contribution in [-0.4, -0.2) is 31.9 Å². The number of para-hydroxylation sites is 2. The average molecular weight is 519 g/mol. The summed E-state index contributed by atoms with van der Waals surface area (Å²) in [5, 5.41) is 3.49. The fourth-order valence-electron chi connectivity index (χ4n) is 5.55. The normalized spacial score (nSPS) is 15.0. The Bertz CT molecular complexity index is 1500. The lowest BCUT2D eigenvalue weighted by Gasteiger charge is -2.34. The Morgan fingerprint density at radius 1 is 0.897 bits per heavy atom. The van der Waals surface area contributed by atoms with Gasteiger partial charge in [0.05, 0.1) is 42.1 Å². The lowest BCUT2D eigenvalue weighted by Crippen LogP contribution is -2.31. The lowest BCUT2D eigenvalue weighted by atomic mass is 9.90. The van der Waals surface area contributed by atoms with E-state index in [1.807, 2.05) is 30.5 Å². The summed E-state index contributed by atoms with van der Waals surface area (Å²) in [5.74, 6) is 1.80. The van der Waals surface area contributed by atoms with Crippen LogP contribution in [0.2, 0.25) is 0 Å². The number of pyridine rings is 2. The van der Waals surface area contributed by atoms with Gasteiger partial charge in [-0.25, -0.2) is 4.98 Å². The van der Waals surface area contributed by atoms with E-state index < -0.39 is 0 Å². The Balaban J connectivity index is 1.18. The van der Waals surface area contributed by atoms with Crippen molar-refractivity contribution in [2.75, 3.05) is 7.11 Å². The van der Waals surface area contributed by atoms with Crippen molar-refractivity contribution in [1.82, 2.24) is 30.2 Å². The number of benzene rings is 2. The van der Waals surface area contributed by atoms with Gasteiger partial charge in [0, 0.05) is 32.0 Å². The fraction of sp³-hybridized carbons (Fsp3) is 0.281. The van der Waals surface area contributed by atoms with Crippen molar-refractivity contribution < 1.29 is 4.74 Å². The van der Waals surface area contributed by atoms with Gasteiger partial charge in [-0.05, 0) is 66.3 Å². The van der Waals surface area contributed by atoms with Crippen molar-refractivity contribution in [3.63, 3.8) is 0 Å². The van der Waals surface area contributed by atoms with E-state index in [0.29, 0.717) is 6.54 Å². The average Bonchev–Trinajstić information content (AvgIpc) is 3.40. The van der Waals surface area contributed by atoms with Gasteiger partial charge in [0.15, 0.2) is 0 Å². The van der Waals surface area contributed by atoms with Crippen molar-refractivity contribution in [2.24, 2.45) is 0 Å². The fourth-order valence-corrected chi connectivity index (χ4v) is 5.55. The summed E-state index contributed by atoms with van der Waals surface area (Å²) in [5.41, 5.74) is 8.11. The van der Waals surface area contributed by atoms with Crippen LogP contribution in [0.5, 0.6) is 5.75 Å². The van der Waals surface area contributed by atoms with Gasteiger partial charge in [0.2, 0.25) is 0 Å². The van der Waals surface area contributed by atoms with Crippen molar-refractivity contribution in [1.29, 1.82) is 0 Å². The molecule has 7 nitrogen and oxygen atoms in total. The Morgan fingerprint density at radius 2 is 1.72 bits per heavy atom. The molecule has 7 heteroatoms.